The van der Waals surface area contributed by atoms with Crippen LogP contribution >= 0.6 is 0 Å². The molecule has 0 radical (unpaired) electrons. The largest absolute Gasteiger partial charge is 0.392 e. The number of nitrogens with zero attached hydrogens (tertiary/aromatic N) is 3. The van der Waals surface area contributed by atoms with Gasteiger partial charge < -0.3 is 14.5 Å². The first-order chi connectivity index (χ1) is 8.74. The number of hydrogen-bond donors (Lipinski definition) is 1. The number of anilines is 1. The van der Waals surface area contributed by atoms with E-state index in [0.29, 0.717) is 24.2 Å². The van der Waals surface area contributed by atoms with Crippen LogP contribution in [0, 0.1) is 5.92 Å². The zero-order valence-corrected chi connectivity index (χ0v) is 11.3. The van der Waals surface area contributed by atoms with Crippen molar-refractivity contribution in [1.82, 2.24) is 10.1 Å². The molecule has 1 aromatic rings. The summed E-state index contributed by atoms with van der Waals surface area (Å²) in [6.07, 6.45) is 4.86. The molecule has 18 heavy (non-hydrogen) atoms. The van der Waals surface area contributed by atoms with Crippen LogP contribution in [0.5, 0.6) is 0 Å². The molecule has 1 aliphatic carbocycles. The third-order valence-electron chi connectivity index (χ3n) is 3.83. The van der Waals surface area contributed by atoms with Crippen LogP contribution in [0.3, 0.4) is 0 Å². The predicted octanol–water partition coefficient (Wildman–Crippen LogP) is 2.01. The van der Waals surface area contributed by atoms with Crippen LogP contribution in [0.1, 0.15) is 45.4 Å². The number of hydrogen-bond acceptors (Lipinski definition) is 5. The van der Waals surface area contributed by atoms with Crippen molar-refractivity contribution >= 4 is 5.95 Å². The van der Waals surface area contributed by atoms with Gasteiger partial charge in [0.15, 0.2) is 0 Å². The molecular formula is C13H23N3O2. The Morgan fingerprint density at radius 3 is 2.61 bits per heavy atom. The maximum atomic E-state index is 10.1. The molecule has 1 fully saturated rings. The minimum absolute atomic E-state index is 0.336. The molecule has 5 nitrogen and oxygen atoms in total. The highest BCUT2D eigenvalue weighted by Crippen LogP contribution is 2.29. The third-order valence-corrected chi connectivity index (χ3v) is 3.83. The fraction of sp³-hybridized carbons (Fsp3) is 0.846. The van der Waals surface area contributed by atoms with E-state index in [4.69, 9.17) is 4.52 Å². The Hall–Kier alpha value is -1.10. The molecule has 0 bridgehead atoms. The number of aliphatic hydroxyl groups is 1. The van der Waals surface area contributed by atoms with Crippen LogP contribution in [0.4, 0.5) is 5.95 Å². The molecule has 0 aliphatic heterocycles. The lowest BCUT2D eigenvalue weighted by molar-refractivity contribution is 0.102. The fourth-order valence-corrected chi connectivity index (χ4v) is 2.65. The highest BCUT2D eigenvalue weighted by atomic mass is 16.5. The lowest BCUT2D eigenvalue weighted by atomic mass is 9.98. The van der Waals surface area contributed by atoms with E-state index >= 15 is 0 Å². The summed E-state index contributed by atoms with van der Waals surface area (Å²) < 4.78 is 5.22. The van der Waals surface area contributed by atoms with Crippen molar-refractivity contribution in [3.63, 3.8) is 0 Å². The average molecular weight is 253 g/mol. The van der Waals surface area contributed by atoms with E-state index in [1.165, 1.54) is 12.8 Å². The van der Waals surface area contributed by atoms with Crippen LogP contribution in [-0.4, -0.2) is 34.4 Å². The van der Waals surface area contributed by atoms with E-state index in [0.717, 1.165) is 25.9 Å². The van der Waals surface area contributed by atoms with Gasteiger partial charge in [0.25, 0.3) is 5.95 Å². The summed E-state index contributed by atoms with van der Waals surface area (Å²) in [5, 5.41) is 14.1. The molecule has 1 saturated carbocycles. The second-order valence-electron chi connectivity index (χ2n) is 4.98. The van der Waals surface area contributed by atoms with Crippen molar-refractivity contribution in [2.45, 2.75) is 52.1 Å². The maximum Gasteiger partial charge on any atom is 0.266 e. The van der Waals surface area contributed by atoms with Gasteiger partial charge in [0.1, 0.15) is 0 Å². The minimum Gasteiger partial charge on any atom is -0.392 e. The summed E-state index contributed by atoms with van der Waals surface area (Å²) >= 11 is 0. The van der Waals surface area contributed by atoms with Gasteiger partial charge in [0.2, 0.25) is 5.89 Å². The first-order valence-electron chi connectivity index (χ1n) is 7.00. The van der Waals surface area contributed by atoms with Crippen molar-refractivity contribution in [2.24, 2.45) is 5.92 Å². The van der Waals surface area contributed by atoms with Gasteiger partial charge in [-0.15, -0.1) is 0 Å². The Morgan fingerprint density at radius 2 is 2.00 bits per heavy atom. The monoisotopic (exact) mass is 253 g/mol. The van der Waals surface area contributed by atoms with Gasteiger partial charge in [-0.25, -0.2) is 0 Å². The molecule has 0 saturated heterocycles. The topological polar surface area (TPSA) is 62.4 Å². The number of rotatable bonds is 6. The predicted molar refractivity (Wildman–Crippen MR) is 69.5 cm³/mol. The molecular weight excluding hydrogens is 230 g/mol. The summed E-state index contributed by atoms with van der Waals surface area (Å²) in [4.78, 5) is 6.39. The van der Waals surface area contributed by atoms with E-state index in [9.17, 15) is 5.11 Å². The Kier molecular flexibility index (Phi) is 4.58. The van der Waals surface area contributed by atoms with Crippen molar-refractivity contribution in [2.75, 3.05) is 18.0 Å². The highest BCUT2D eigenvalue weighted by Gasteiger charge is 2.25. The van der Waals surface area contributed by atoms with Crippen LogP contribution in [-0.2, 0) is 6.42 Å². The molecule has 0 aromatic carbocycles. The molecule has 1 unspecified atom stereocenters. The molecule has 1 atom stereocenters. The van der Waals surface area contributed by atoms with Crippen LogP contribution in [0.25, 0.3) is 0 Å². The van der Waals surface area contributed by atoms with Crippen LogP contribution in [0.2, 0.25) is 0 Å². The van der Waals surface area contributed by atoms with E-state index in [1.807, 2.05) is 4.90 Å². The van der Waals surface area contributed by atoms with Gasteiger partial charge in [-0.05, 0) is 37.8 Å². The van der Waals surface area contributed by atoms with Gasteiger partial charge in [0, 0.05) is 13.1 Å². The highest BCUT2D eigenvalue weighted by molar-refractivity contribution is 5.26. The molecule has 1 N–H and O–H groups in total. The molecule has 1 aromatic heterocycles. The van der Waals surface area contributed by atoms with Gasteiger partial charge >= 0.3 is 0 Å². The van der Waals surface area contributed by atoms with E-state index < -0.39 is 0 Å². The van der Waals surface area contributed by atoms with Crippen molar-refractivity contribution < 1.29 is 9.63 Å². The fourth-order valence-electron chi connectivity index (χ4n) is 2.65. The molecule has 102 valence electrons. The van der Waals surface area contributed by atoms with Crippen molar-refractivity contribution in [3.05, 3.63) is 5.89 Å². The second-order valence-corrected chi connectivity index (χ2v) is 4.98. The lowest BCUT2D eigenvalue weighted by Crippen LogP contribution is -2.23. The third kappa shape index (κ3) is 3.02. The van der Waals surface area contributed by atoms with E-state index in [-0.39, 0.29) is 6.10 Å². The van der Waals surface area contributed by atoms with Gasteiger partial charge in [-0.2, -0.15) is 4.98 Å². The smallest absolute Gasteiger partial charge is 0.266 e. The Morgan fingerprint density at radius 1 is 1.33 bits per heavy atom. The van der Waals surface area contributed by atoms with Crippen molar-refractivity contribution in [1.29, 1.82) is 0 Å². The van der Waals surface area contributed by atoms with Crippen LogP contribution < -0.4 is 4.90 Å². The van der Waals surface area contributed by atoms with Crippen molar-refractivity contribution in [3.8, 4) is 0 Å². The Labute approximate surface area is 108 Å². The van der Waals surface area contributed by atoms with Crippen LogP contribution in [0.15, 0.2) is 4.52 Å². The number of aromatic nitrogens is 2. The summed E-state index contributed by atoms with van der Waals surface area (Å²) in [7, 11) is 0. The normalized spacial score (nSPS) is 18.2. The molecule has 2 rings (SSSR count). The molecule has 1 aliphatic rings. The van der Waals surface area contributed by atoms with E-state index in [2.05, 4.69) is 24.0 Å². The summed E-state index contributed by atoms with van der Waals surface area (Å²) in [5.41, 5.74) is 0. The van der Waals surface area contributed by atoms with Gasteiger partial charge in [0.05, 0.1) is 12.5 Å². The summed E-state index contributed by atoms with van der Waals surface area (Å²) in [5.74, 6) is 1.60. The molecule has 0 amide bonds. The zero-order chi connectivity index (χ0) is 13.0. The maximum absolute atomic E-state index is 10.1. The quantitative estimate of drug-likeness (QED) is 0.840. The summed E-state index contributed by atoms with van der Waals surface area (Å²) in [6, 6.07) is 0. The molecule has 0 spiro atoms. The standard InChI is InChI=1S/C13H23N3O2/c1-3-16(4-2)13-14-12(18-15-13)9-11(17)10-7-5-6-8-10/h10-11,17H,3-9H2,1-2H3. The second kappa shape index (κ2) is 6.18. The first kappa shape index (κ1) is 13.3. The Balaban J connectivity index is 1.93. The lowest BCUT2D eigenvalue weighted by Gasteiger charge is -2.15. The van der Waals surface area contributed by atoms with Gasteiger partial charge in [-0.3, -0.25) is 0 Å². The van der Waals surface area contributed by atoms with E-state index in [1.54, 1.807) is 0 Å². The number of aliphatic hydroxyl groups excluding tert-OH is 1. The molecule has 5 heteroatoms. The summed E-state index contributed by atoms with van der Waals surface area (Å²) in [6.45, 7) is 5.85. The average Bonchev–Trinajstić information content (AvgIpc) is 3.01. The zero-order valence-electron chi connectivity index (χ0n) is 11.3. The minimum atomic E-state index is -0.336. The first-order valence-corrected chi connectivity index (χ1v) is 7.00. The Bertz CT molecular complexity index is 357. The molecule has 1 heterocycles. The van der Waals surface area contributed by atoms with Gasteiger partial charge in [-0.1, -0.05) is 12.8 Å². The SMILES string of the molecule is CCN(CC)c1noc(CC(O)C2CCCC2)n1.